The van der Waals surface area contributed by atoms with Crippen LogP contribution in [-0.2, 0) is 20.6 Å². The first-order valence-electron chi connectivity index (χ1n) is 3.38. The first-order valence-corrected chi connectivity index (χ1v) is 4.52. The van der Waals surface area contributed by atoms with E-state index in [1.54, 1.807) is 13.8 Å². The molecule has 0 aliphatic rings. The van der Waals surface area contributed by atoms with Gasteiger partial charge < -0.3 is 9.29 Å². The van der Waals surface area contributed by atoms with Crippen LogP contribution in [0.3, 0.4) is 0 Å². The quantitative estimate of drug-likeness (QED) is 0.457. The molecule has 0 bridgehead atoms. The van der Waals surface area contributed by atoms with Gasteiger partial charge in [-0.15, -0.1) is 0 Å². The van der Waals surface area contributed by atoms with Crippen LogP contribution in [0.2, 0.25) is 0 Å². The van der Waals surface area contributed by atoms with Gasteiger partial charge >= 0.3 is 5.97 Å². The molecule has 0 rings (SSSR count). The molecule has 11 heavy (non-hydrogen) atoms. The van der Waals surface area contributed by atoms with Crippen molar-refractivity contribution in [1.82, 2.24) is 0 Å². The monoisotopic (exact) mass is 179 g/mol. The fraction of sp³-hybridized carbons (Fsp3) is 0.833. The first-order chi connectivity index (χ1) is 5.13. The summed E-state index contributed by atoms with van der Waals surface area (Å²) in [5, 5.41) is -1.00. The Bertz CT molecular complexity index is 157. The van der Waals surface area contributed by atoms with E-state index in [0.29, 0.717) is 0 Å². The highest BCUT2D eigenvalue weighted by molar-refractivity contribution is 7.80. The van der Waals surface area contributed by atoms with Crippen LogP contribution in [0.5, 0.6) is 0 Å². The van der Waals surface area contributed by atoms with Gasteiger partial charge in [0.2, 0.25) is 0 Å². The van der Waals surface area contributed by atoms with Gasteiger partial charge in [0, 0.05) is 0 Å². The molecule has 0 aliphatic carbocycles. The highest BCUT2D eigenvalue weighted by Gasteiger charge is 2.17. The number of hydrogen-bond donors (Lipinski definition) is 0. The highest BCUT2D eigenvalue weighted by atomic mass is 32.2. The van der Waals surface area contributed by atoms with E-state index < -0.39 is 22.3 Å². The minimum absolute atomic E-state index is 0.215. The average Bonchev–Trinajstić information content (AvgIpc) is 1.88. The molecule has 66 valence electrons. The van der Waals surface area contributed by atoms with E-state index in [1.165, 1.54) is 0 Å². The second-order valence-electron chi connectivity index (χ2n) is 1.91. The van der Waals surface area contributed by atoms with Gasteiger partial charge in [-0.1, -0.05) is 6.92 Å². The molecule has 0 radical (unpaired) electrons. The lowest BCUT2D eigenvalue weighted by molar-refractivity contribution is -0.142. The average molecular weight is 179 g/mol. The van der Waals surface area contributed by atoms with E-state index in [9.17, 15) is 13.6 Å². The van der Waals surface area contributed by atoms with Crippen molar-refractivity contribution in [3.8, 4) is 0 Å². The predicted octanol–water partition coefficient (Wildman–Crippen LogP) is 0.207. The first kappa shape index (κ1) is 10.6. The number of rotatable bonds is 4. The van der Waals surface area contributed by atoms with Crippen molar-refractivity contribution < 1.29 is 18.3 Å². The molecule has 0 spiro atoms. The minimum atomic E-state index is -2.36. The summed E-state index contributed by atoms with van der Waals surface area (Å²) in [7, 11) is 0. The second-order valence-corrected chi connectivity index (χ2v) is 3.00. The molecule has 0 aromatic heterocycles. The molecule has 0 amide bonds. The normalized spacial score (nSPS) is 15.5. The molecule has 2 atom stereocenters. The third-order valence-corrected chi connectivity index (χ3v) is 2.14. The smallest absolute Gasteiger partial charge is 0.320 e. The van der Waals surface area contributed by atoms with Gasteiger partial charge in [-0.05, 0) is 24.4 Å². The second kappa shape index (κ2) is 5.26. The van der Waals surface area contributed by atoms with Crippen molar-refractivity contribution in [2.24, 2.45) is 0 Å². The van der Waals surface area contributed by atoms with Crippen LogP contribution in [0.1, 0.15) is 20.3 Å². The maximum atomic E-state index is 10.8. The third kappa shape index (κ3) is 3.48. The molecule has 0 aromatic rings. The molecule has 0 aromatic carbocycles. The molecule has 4 nitrogen and oxygen atoms in total. The summed E-state index contributed by atoms with van der Waals surface area (Å²) in [6, 6.07) is 0. The Hall–Kier alpha value is -0.420. The van der Waals surface area contributed by atoms with Crippen LogP contribution in [0, 0.1) is 0 Å². The van der Waals surface area contributed by atoms with Crippen molar-refractivity contribution in [2.75, 3.05) is 6.61 Å². The van der Waals surface area contributed by atoms with Crippen molar-refractivity contribution >= 4 is 17.0 Å². The van der Waals surface area contributed by atoms with Crippen LogP contribution in [-0.4, -0.2) is 26.6 Å². The number of carbonyl (C=O) groups excluding carboxylic acids is 1. The van der Waals surface area contributed by atoms with Crippen LogP contribution in [0.25, 0.3) is 0 Å². The van der Waals surface area contributed by atoms with E-state index in [-0.39, 0.29) is 13.0 Å². The number of hydrogen-bond acceptors (Lipinski definition) is 4. The summed E-state index contributed by atoms with van der Waals surface area (Å²) in [6.07, 6.45) is 0.259. The molecular weight excluding hydrogens is 168 g/mol. The van der Waals surface area contributed by atoms with Gasteiger partial charge in [0.1, 0.15) is 5.25 Å². The zero-order valence-corrected chi connectivity index (χ0v) is 7.35. The van der Waals surface area contributed by atoms with E-state index >= 15 is 0 Å². The Morgan fingerprint density at radius 2 is 2.18 bits per heavy atom. The fourth-order valence-corrected chi connectivity index (χ4v) is 1.11. The summed E-state index contributed by atoms with van der Waals surface area (Å²) in [6.45, 7) is 3.47. The third-order valence-electron chi connectivity index (χ3n) is 1.15. The summed E-state index contributed by atoms with van der Waals surface area (Å²) in [4.78, 5) is 10.8. The lowest BCUT2D eigenvalue weighted by Gasteiger charge is -2.15. The van der Waals surface area contributed by atoms with Gasteiger partial charge in [-0.3, -0.25) is 9.00 Å². The van der Waals surface area contributed by atoms with E-state index in [1.807, 2.05) is 0 Å². The number of carbonyl (C=O) groups is 1. The summed E-state index contributed by atoms with van der Waals surface area (Å²) < 4.78 is 25.2. The fourth-order valence-electron chi connectivity index (χ4n) is 0.617. The van der Waals surface area contributed by atoms with E-state index in [2.05, 4.69) is 4.74 Å². The Morgan fingerprint density at radius 3 is 2.45 bits per heavy atom. The van der Waals surface area contributed by atoms with Crippen LogP contribution >= 0.6 is 0 Å². The van der Waals surface area contributed by atoms with Crippen LogP contribution in [0.15, 0.2) is 0 Å². The topological polar surface area (TPSA) is 66.4 Å². The van der Waals surface area contributed by atoms with Crippen molar-refractivity contribution in [3.63, 3.8) is 0 Å². The molecule has 0 aliphatic heterocycles. The maximum absolute atomic E-state index is 10.8. The summed E-state index contributed by atoms with van der Waals surface area (Å²) in [5.41, 5.74) is 0. The zero-order valence-electron chi connectivity index (χ0n) is 6.53. The SMILES string of the molecule is CCOC(=O)C(CC)S(=O)[O-]. The maximum Gasteiger partial charge on any atom is 0.320 e. The Balaban J connectivity index is 4.03. The van der Waals surface area contributed by atoms with Crippen molar-refractivity contribution in [1.29, 1.82) is 0 Å². The molecule has 2 unspecified atom stereocenters. The number of esters is 1. The molecular formula is C6H11O4S-. The van der Waals surface area contributed by atoms with Crippen LogP contribution < -0.4 is 0 Å². The lowest BCUT2D eigenvalue weighted by Crippen LogP contribution is -2.27. The molecule has 0 fully saturated rings. The Labute approximate surface area is 68.2 Å². The minimum Gasteiger partial charge on any atom is -0.772 e. The largest absolute Gasteiger partial charge is 0.772 e. The van der Waals surface area contributed by atoms with Gasteiger partial charge in [-0.25, -0.2) is 0 Å². The Morgan fingerprint density at radius 1 is 1.64 bits per heavy atom. The molecule has 5 heteroatoms. The van der Waals surface area contributed by atoms with Crippen molar-refractivity contribution in [2.45, 2.75) is 25.5 Å². The van der Waals surface area contributed by atoms with Gasteiger partial charge in [0.25, 0.3) is 0 Å². The molecule has 0 saturated carbocycles. The molecule has 0 N–H and O–H groups in total. The summed E-state index contributed by atoms with van der Waals surface area (Å²) >= 11 is -2.36. The van der Waals surface area contributed by atoms with Crippen molar-refractivity contribution in [3.05, 3.63) is 0 Å². The summed E-state index contributed by atoms with van der Waals surface area (Å²) in [5.74, 6) is -0.664. The zero-order chi connectivity index (χ0) is 8.85. The van der Waals surface area contributed by atoms with E-state index in [0.717, 1.165) is 0 Å². The highest BCUT2D eigenvalue weighted by Crippen LogP contribution is 2.01. The van der Waals surface area contributed by atoms with Gasteiger partial charge in [0.15, 0.2) is 0 Å². The standard InChI is InChI=1S/C6H12O4S/c1-3-5(11(8)9)6(7)10-4-2/h5H,3-4H2,1-2H3,(H,8,9)/p-1. The Kier molecular flexibility index (Phi) is 5.06. The number of ether oxygens (including phenoxy) is 1. The lowest BCUT2D eigenvalue weighted by atomic mass is 10.3. The van der Waals surface area contributed by atoms with Gasteiger partial charge in [0.05, 0.1) is 6.61 Å². The van der Waals surface area contributed by atoms with Crippen LogP contribution in [0.4, 0.5) is 0 Å². The predicted molar refractivity (Wildman–Crippen MR) is 39.6 cm³/mol. The molecule has 0 heterocycles. The molecule has 0 saturated heterocycles. The van der Waals surface area contributed by atoms with Gasteiger partial charge in [-0.2, -0.15) is 0 Å². The van der Waals surface area contributed by atoms with E-state index in [4.69, 9.17) is 0 Å².